The Balaban J connectivity index is 3.66. The molecule has 0 heterocycles. The minimum Gasteiger partial charge on any atom is -0.465 e. The SMILES string of the molecule is C=CC(=O)OCCCC(=O)CCC(=O)OCC(C)CC(C)C. The first-order chi connectivity index (χ1) is 10.3. The summed E-state index contributed by atoms with van der Waals surface area (Å²) in [5.74, 6) is 0.0556. The fraction of sp³-hybridized carbons (Fsp3) is 0.706. The lowest BCUT2D eigenvalue weighted by molar-refractivity contribution is -0.146. The predicted octanol–water partition coefficient (Wildman–Crippen LogP) is 3.07. The number of esters is 2. The van der Waals surface area contributed by atoms with Gasteiger partial charge in [-0.2, -0.15) is 0 Å². The van der Waals surface area contributed by atoms with E-state index < -0.39 is 5.97 Å². The van der Waals surface area contributed by atoms with Crippen LogP contribution in [0.2, 0.25) is 0 Å². The maximum absolute atomic E-state index is 11.6. The van der Waals surface area contributed by atoms with Crippen LogP contribution in [0.15, 0.2) is 12.7 Å². The van der Waals surface area contributed by atoms with Crippen LogP contribution in [0, 0.1) is 11.8 Å². The molecule has 0 aliphatic heterocycles. The molecule has 0 aromatic heterocycles. The van der Waals surface area contributed by atoms with Crippen molar-refractivity contribution in [3.05, 3.63) is 12.7 Å². The van der Waals surface area contributed by atoms with E-state index in [1.807, 2.05) is 6.92 Å². The van der Waals surface area contributed by atoms with Crippen molar-refractivity contribution >= 4 is 17.7 Å². The first-order valence-electron chi connectivity index (χ1n) is 7.81. The van der Waals surface area contributed by atoms with Crippen LogP contribution < -0.4 is 0 Å². The minimum absolute atomic E-state index is 0.0261. The van der Waals surface area contributed by atoms with Crippen molar-refractivity contribution in [3.63, 3.8) is 0 Å². The number of carbonyl (C=O) groups excluding carboxylic acids is 3. The Bertz CT molecular complexity index is 373. The highest BCUT2D eigenvalue weighted by Crippen LogP contribution is 2.11. The number of carbonyl (C=O) groups is 3. The summed E-state index contributed by atoms with van der Waals surface area (Å²) < 4.78 is 9.92. The molecule has 0 radical (unpaired) electrons. The van der Waals surface area contributed by atoms with Gasteiger partial charge in [0, 0.05) is 18.9 Å². The van der Waals surface area contributed by atoms with Crippen molar-refractivity contribution in [3.8, 4) is 0 Å². The van der Waals surface area contributed by atoms with Crippen molar-refractivity contribution in [2.45, 2.75) is 52.9 Å². The molecule has 0 fully saturated rings. The van der Waals surface area contributed by atoms with Gasteiger partial charge < -0.3 is 9.47 Å². The van der Waals surface area contributed by atoms with Crippen LogP contribution in [0.1, 0.15) is 52.9 Å². The summed E-state index contributed by atoms with van der Waals surface area (Å²) in [6.07, 6.45) is 3.13. The average molecular weight is 312 g/mol. The standard InChI is InChI=1S/C17H28O5/c1-5-16(19)21-10-6-7-15(18)8-9-17(20)22-12-14(4)11-13(2)3/h5,13-14H,1,6-12H2,2-4H3. The molecule has 22 heavy (non-hydrogen) atoms. The number of hydrogen-bond donors (Lipinski definition) is 0. The molecule has 5 nitrogen and oxygen atoms in total. The summed E-state index contributed by atoms with van der Waals surface area (Å²) >= 11 is 0. The summed E-state index contributed by atoms with van der Waals surface area (Å²) in [6, 6.07) is 0. The Morgan fingerprint density at radius 1 is 1.05 bits per heavy atom. The van der Waals surface area contributed by atoms with Crippen LogP contribution in [0.3, 0.4) is 0 Å². The van der Waals surface area contributed by atoms with E-state index in [-0.39, 0.29) is 31.2 Å². The zero-order valence-corrected chi connectivity index (χ0v) is 13.9. The molecular formula is C17H28O5. The van der Waals surface area contributed by atoms with Gasteiger partial charge in [-0.05, 0) is 24.7 Å². The molecule has 0 saturated heterocycles. The second kappa shape index (κ2) is 12.0. The molecule has 0 aromatic carbocycles. The molecule has 0 bridgehead atoms. The monoisotopic (exact) mass is 312 g/mol. The lowest BCUT2D eigenvalue weighted by Crippen LogP contribution is -2.14. The third-order valence-corrected chi connectivity index (χ3v) is 3.02. The van der Waals surface area contributed by atoms with Crippen molar-refractivity contribution in [2.75, 3.05) is 13.2 Å². The van der Waals surface area contributed by atoms with Crippen molar-refractivity contribution in [2.24, 2.45) is 11.8 Å². The minimum atomic E-state index is -0.494. The summed E-state index contributed by atoms with van der Waals surface area (Å²) in [7, 11) is 0. The number of hydrogen-bond acceptors (Lipinski definition) is 5. The van der Waals surface area contributed by atoms with Gasteiger partial charge in [0.1, 0.15) is 5.78 Å². The number of Topliss-reactive ketones (excluding diaryl/α,β-unsaturated/α-hetero) is 1. The highest BCUT2D eigenvalue weighted by atomic mass is 16.5. The van der Waals surface area contributed by atoms with Crippen LogP contribution >= 0.6 is 0 Å². The van der Waals surface area contributed by atoms with E-state index in [1.165, 1.54) is 0 Å². The third-order valence-electron chi connectivity index (χ3n) is 3.02. The molecule has 0 saturated carbocycles. The number of ether oxygens (including phenoxy) is 2. The van der Waals surface area contributed by atoms with Crippen LogP contribution in [0.5, 0.6) is 0 Å². The molecular weight excluding hydrogens is 284 g/mol. The smallest absolute Gasteiger partial charge is 0.330 e. The van der Waals surface area contributed by atoms with Crippen molar-refractivity contribution < 1.29 is 23.9 Å². The fourth-order valence-electron chi connectivity index (χ4n) is 2.05. The van der Waals surface area contributed by atoms with Gasteiger partial charge in [-0.25, -0.2) is 4.79 Å². The Hall–Kier alpha value is -1.65. The van der Waals surface area contributed by atoms with Gasteiger partial charge in [0.15, 0.2) is 0 Å². The molecule has 0 rings (SSSR count). The topological polar surface area (TPSA) is 69.7 Å². The molecule has 1 atom stereocenters. The molecule has 0 N–H and O–H groups in total. The molecule has 5 heteroatoms. The maximum atomic E-state index is 11.6. The molecule has 0 spiro atoms. The van der Waals surface area contributed by atoms with Crippen molar-refractivity contribution in [1.29, 1.82) is 0 Å². The highest BCUT2D eigenvalue weighted by molar-refractivity contribution is 5.83. The average Bonchev–Trinajstić information content (AvgIpc) is 2.46. The van der Waals surface area contributed by atoms with E-state index >= 15 is 0 Å². The Morgan fingerprint density at radius 2 is 1.73 bits per heavy atom. The largest absolute Gasteiger partial charge is 0.465 e. The predicted molar refractivity (Wildman–Crippen MR) is 84.2 cm³/mol. The van der Waals surface area contributed by atoms with Gasteiger partial charge in [0.05, 0.1) is 19.6 Å². The van der Waals surface area contributed by atoms with Gasteiger partial charge in [0.2, 0.25) is 0 Å². The van der Waals surface area contributed by atoms with Crippen molar-refractivity contribution in [1.82, 2.24) is 0 Å². The lowest BCUT2D eigenvalue weighted by atomic mass is 10.00. The Morgan fingerprint density at radius 3 is 2.32 bits per heavy atom. The summed E-state index contributed by atoms with van der Waals surface area (Å²) in [5.41, 5.74) is 0. The third kappa shape index (κ3) is 12.1. The first kappa shape index (κ1) is 20.3. The molecule has 0 aromatic rings. The summed E-state index contributed by atoms with van der Waals surface area (Å²) in [6.45, 7) is 10.2. The normalized spacial score (nSPS) is 11.8. The van der Waals surface area contributed by atoms with Gasteiger partial charge in [-0.15, -0.1) is 0 Å². The van der Waals surface area contributed by atoms with Gasteiger partial charge in [-0.3, -0.25) is 9.59 Å². The summed E-state index contributed by atoms with van der Waals surface area (Å²) in [4.78, 5) is 33.9. The van der Waals surface area contributed by atoms with Crippen LogP contribution in [-0.4, -0.2) is 30.9 Å². The fourth-order valence-corrected chi connectivity index (χ4v) is 2.05. The van der Waals surface area contributed by atoms with Gasteiger partial charge >= 0.3 is 11.9 Å². The first-order valence-corrected chi connectivity index (χ1v) is 7.81. The second-order valence-corrected chi connectivity index (χ2v) is 5.93. The zero-order valence-electron chi connectivity index (χ0n) is 13.9. The molecule has 126 valence electrons. The van der Waals surface area contributed by atoms with E-state index in [2.05, 4.69) is 20.4 Å². The van der Waals surface area contributed by atoms with Crippen LogP contribution in [0.25, 0.3) is 0 Å². The Labute approximate surface area is 133 Å². The van der Waals surface area contributed by atoms with Gasteiger partial charge in [0.25, 0.3) is 0 Å². The van der Waals surface area contributed by atoms with E-state index in [1.54, 1.807) is 0 Å². The van der Waals surface area contributed by atoms with E-state index in [9.17, 15) is 14.4 Å². The number of rotatable bonds is 12. The lowest BCUT2D eigenvalue weighted by Gasteiger charge is -2.13. The molecule has 0 aliphatic rings. The second-order valence-electron chi connectivity index (χ2n) is 5.93. The maximum Gasteiger partial charge on any atom is 0.330 e. The van der Waals surface area contributed by atoms with Crippen LogP contribution in [-0.2, 0) is 23.9 Å². The van der Waals surface area contributed by atoms with Gasteiger partial charge in [-0.1, -0.05) is 27.4 Å². The Kier molecular flexibility index (Phi) is 11.1. The molecule has 0 amide bonds. The molecule has 0 aliphatic carbocycles. The quantitative estimate of drug-likeness (QED) is 0.315. The van der Waals surface area contributed by atoms with E-state index in [0.717, 1.165) is 12.5 Å². The summed E-state index contributed by atoms with van der Waals surface area (Å²) in [5, 5.41) is 0. The zero-order chi connectivity index (χ0) is 17.0. The van der Waals surface area contributed by atoms with E-state index in [4.69, 9.17) is 9.47 Å². The highest BCUT2D eigenvalue weighted by Gasteiger charge is 2.11. The number of ketones is 1. The van der Waals surface area contributed by atoms with Crippen LogP contribution in [0.4, 0.5) is 0 Å². The van der Waals surface area contributed by atoms with E-state index in [0.29, 0.717) is 31.3 Å². The molecule has 1 unspecified atom stereocenters.